The molecule has 0 radical (unpaired) electrons. The Morgan fingerprint density at radius 3 is 2.92 bits per heavy atom. The second kappa shape index (κ2) is 5.19. The number of nitrogens with zero attached hydrogens (tertiary/aromatic N) is 1. The van der Waals surface area contributed by atoms with Crippen LogP contribution >= 0.6 is 11.3 Å². The molecule has 4 heteroatoms. The van der Waals surface area contributed by atoms with Crippen LogP contribution in [0.5, 0.6) is 0 Å². The van der Waals surface area contributed by atoms with E-state index < -0.39 is 0 Å². The minimum Gasteiger partial charge on any atom is -0.365 e. The standard InChI is InChI=1S/C9H17N3S/c1-4-11-5-7(2)8-6-13-9(10-3)12-8/h6-7,11H,4-5H2,1-3H3,(H,10,12). The molecule has 1 rings (SSSR count). The van der Waals surface area contributed by atoms with E-state index in [1.807, 2.05) is 7.05 Å². The maximum absolute atomic E-state index is 4.45. The van der Waals surface area contributed by atoms with Crippen molar-refractivity contribution in [3.05, 3.63) is 11.1 Å². The van der Waals surface area contributed by atoms with Crippen LogP contribution < -0.4 is 10.6 Å². The van der Waals surface area contributed by atoms with Gasteiger partial charge >= 0.3 is 0 Å². The number of hydrogen-bond donors (Lipinski definition) is 2. The fourth-order valence-electron chi connectivity index (χ4n) is 1.09. The summed E-state index contributed by atoms with van der Waals surface area (Å²) in [4.78, 5) is 4.45. The minimum absolute atomic E-state index is 0.498. The van der Waals surface area contributed by atoms with Crippen molar-refractivity contribution in [2.45, 2.75) is 19.8 Å². The Hall–Kier alpha value is -0.610. The Kier molecular flexibility index (Phi) is 4.18. The number of rotatable bonds is 5. The number of aromatic nitrogens is 1. The van der Waals surface area contributed by atoms with Gasteiger partial charge in [-0.25, -0.2) is 4.98 Å². The maximum atomic E-state index is 4.45. The molecular weight excluding hydrogens is 182 g/mol. The average Bonchev–Trinajstić information content (AvgIpc) is 2.62. The van der Waals surface area contributed by atoms with Crippen LogP contribution in [0.1, 0.15) is 25.5 Å². The Balaban J connectivity index is 2.50. The van der Waals surface area contributed by atoms with E-state index >= 15 is 0 Å². The van der Waals surface area contributed by atoms with E-state index in [2.05, 4.69) is 34.8 Å². The molecule has 0 amide bonds. The summed E-state index contributed by atoms with van der Waals surface area (Å²) in [6.07, 6.45) is 0. The summed E-state index contributed by atoms with van der Waals surface area (Å²) in [5.41, 5.74) is 1.18. The van der Waals surface area contributed by atoms with Gasteiger partial charge in [0.2, 0.25) is 0 Å². The van der Waals surface area contributed by atoms with E-state index in [9.17, 15) is 0 Å². The zero-order chi connectivity index (χ0) is 9.68. The molecule has 1 atom stereocenters. The maximum Gasteiger partial charge on any atom is 0.182 e. The number of thiazole rings is 1. The van der Waals surface area contributed by atoms with Crippen LogP contribution in [0.15, 0.2) is 5.38 Å². The molecule has 74 valence electrons. The highest BCUT2D eigenvalue weighted by molar-refractivity contribution is 7.13. The van der Waals surface area contributed by atoms with Crippen molar-refractivity contribution in [2.24, 2.45) is 0 Å². The van der Waals surface area contributed by atoms with Crippen molar-refractivity contribution in [3.8, 4) is 0 Å². The molecule has 1 heterocycles. The highest BCUT2D eigenvalue weighted by Gasteiger charge is 2.08. The van der Waals surface area contributed by atoms with E-state index in [4.69, 9.17) is 0 Å². The van der Waals surface area contributed by atoms with Crippen molar-refractivity contribution >= 4 is 16.5 Å². The lowest BCUT2D eigenvalue weighted by molar-refractivity contribution is 0.626. The molecule has 1 aromatic rings. The molecule has 0 spiro atoms. The summed E-state index contributed by atoms with van der Waals surface area (Å²) in [7, 11) is 1.90. The highest BCUT2D eigenvalue weighted by Crippen LogP contribution is 2.20. The van der Waals surface area contributed by atoms with Crippen molar-refractivity contribution in [1.29, 1.82) is 0 Å². The van der Waals surface area contributed by atoms with Crippen molar-refractivity contribution in [1.82, 2.24) is 10.3 Å². The van der Waals surface area contributed by atoms with Crippen LogP contribution in [-0.2, 0) is 0 Å². The first-order valence-corrected chi connectivity index (χ1v) is 5.49. The van der Waals surface area contributed by atoms with Gasteiger partial charge in [0.25, 0.3) is 0 Å². The monoisotopic (exact) mass is 199 g/mol. The predicted molar refractivity (Wildman–Crippen MR) is 58.6 cm³/mol. The quantitative estimate of drug-likeness (QED) is 0.760. The largest absolute Gasteiger partial charge is 0.365 e. The number of likely N-dealkylation sites (N-methyl/N-ethyl adjacent to an activating group) is 1. The smallest absolute Gasteiger partial charge is 0.182 e. The summed E-state index contributed by atoms with van der Waals surface area (Å²) in [6.45, 7) is 6.33. The van der Waals surface area contributed by atoms with Gasteiger partial charge in [0, 0.05) is 24.9 Å². The Labute approximate surface area is 83.6 Å². The molecule has 0 aliphatic carbocycles. The van der Waals surface area contributed by atoms with Crippen LogP contribution in [-0.4, -0.2) is 25.1 Å². The lowest BCUT2D eigenvalue weighted by Gasteiger charge is -2.07. The van der Waals surface area contributed by atoms with E-state index in [0.717, 1.165) is 18.2 Å². The zero-order valence-corrected chi connectivity index (χ0v) is 9.24. The van der Waals surface area contributed by atoms with Gasteiger partial charge < -0.3 is 10.6 Å². The zero-order valence-electron chi connectivity index (χ0n) is 8.42. The molecule has 1 aromatic heterocycles. The molecule has 0 aliphatic heterocycles. The molecule has 0 saturated heterocycles. The molecule has 13 heavy (non-hydrogen) atoms. The molecule has 0 aromatic carbocycles. The van der Waals surface area contributed by atoms with Gasteiger partial charge in [0.05, 0.1) is 5.69 Å². The second-order valence-corrected chi connectivity index (χ2v) is 3.89. The lowest BCUT2D eigenvalue weighted by Crippen LogP contribution is -2.19. The molecule has 0 saturated carbocycles. The van der Waals surface area contributed by atoms with E-state index in [1.54, 1.807) is 11.3 Å². The van der Waals surface area contributed by atoms with Gasteiger partial charge in [-0.15, -0.1) is 11.3 Å². The van der Waals surface area contributed by atoms with Gasteiger partial charge in [0.1, 0.15) is 0 Å². The Bertz CT molecular complexity index is 247. The fourth-order valence-corrected chi connectivity index (χ4v) is 1.89. The topological polar surface area (TPSA) is 37.0 Å². The first-order valence-electron chi connectivity index (χ1n) is 4.61. The number of hydrogen-bond acceptors (Lipinski definition) is 4. The number of anilines is 1. The third-order valence-electron chi connectivity index (χ3n) is 1.94. The molecule has 1 unspecified atom stereocenters. The van der Waals surface area contributed by atoms with Crippen LogP contribution in [0, 0.1) is 0 Å². The summed E-state index contributed by atoms with van der Waals surface area (Å²) in [5.74, 6) is 0.498. The van der Waals surface area contributed by atoms with E-state index in [0.29, 0.717) is 5.92 Å². The minimum atomic E-state index is 0.498. The normalized spacial score (nSPS) is 12.8. The van der Waals surface area contributed by atoms with Gasteiger partial charge in [0.15, 0.2) is 5.13 Å². The highest BCUT2D eigenvalue weighted by atomic mass is 32.1. The van der Waals surface area contributed by atoms with Crippen molar-refractivity contribution in [2.75, 3.05) is 25.5 Å². The summed E-state index contributed by atoms with van der Waals surface area (Å²) >= 11 is 1.66. The van der Waals surface area contributed by atoms with Crippen LogP contribution in [0.3, 0.4) is 0 Å². The molecule has 0 bridgehead atoms. The van der Waals surface area contributed by atoms with Gasteiger partial charge in [-0.05, 0) is 6.54 Å². The molecular formula is C9H17N3S. The third-order valence-corrected chi connectivity index (χ3v) is 2.82. The predicted octanol–water partition coefficient (Wildman–Crippen LogP) is 1.90. The lowest BCUT2D eigenvalue weighted by atomic mass is 10.1. The molecule has 2 N–H and O–H groups in total. The Morgan fingerprint density at radius 2 is 2.38 bits per heavy atom. The van der Waals surface area contributed by atoms with Crippen molar-refractivity contribution in [3.63, 3.8) is 0 Å². The van der Waals surface area contributed by atoms with E-state index in [1.165, 1.54) is 5.69 Å². The van der Waals surface area contributed by atoms with Gasteiger partial charge in [-0.1, -0.05) is 13.8 Å². The Morgan fingerprint density at radius 1 is 1.62 bits per heavy atom. The first-order chi connectivity index (χ1) is 6.27. The van der Waals surface area contributed by atoms with Crippen molar-refractivity contribution < 1.29 is 0 Å². The third kappa shape index (κ3) is 2.97. The molecule has 3 nitrogen and oxygen atoms in total. The SMILES string of the molecule is CCNCC(C)c1csc(NC)n1. The van der Waals surface area contributed by atoms with Crippen LogP contribution in [0.2, 0.25) is 0 Å². The molecule has 0 aliphatic rings. The molecule has 0 fully saturated rings. The summed E-state index contributed by atoms with van der Waals surface area (Å²) in [5, 5.41) is 9.48. The van der Waals surface area contributed by atoms with Crippen LogP contribution in [0.4, 0.5) is 5.13 Å². The summed E-state index contributed by atoms with van der Waals surface area (Å²) in [6, 6.07) is 0. The van der Waals surface area contributed by atoms with E-state index in [-0.39, 0.29) is 0 Å². The van der Waals surface area contributed by atoms with Gasteiger partial charge in [-0.3, -0.25) is 0 Å². The van der Waals surface area contributed by atoms with Crippen LogP contribution in [0.25, 0.3) is 0 Å². The fraction of sp³-hybridized carbons (Fsp3) is 0.667. The van der Waals surface area contributed by atoms with Gasteiger partial charge in [-0.2, -0.15) is 0 Å². The number of nitrogens with one attached hydrogen (secondary N) is 2. The average molecular weight is 199 g/mol. The summed E-state index contributed by atoms with van der Waals surface area (Å²) < 4.78 is 0. The second-order valence-electron chi connectivity index (χ2n) is 3.04. The first kappa shape index (κ1) is 10.5.